The van der Waals surface area contributed by atoms with Gasteiger partial charge >= 0.3 is 0 Å². The van der Waals surface area contributed by atoms with Crippen molar-refractivity contribution >= 4 is 27.2 Å². The van der Waals surface area contributed by atoms with Crippen molar-refractivity contribution in [2.45, 2.75) is 31.6 Å². The van der Waals surface area contributed by atoms with Gasteiger partial charge in [-0.25, -0.2) is 26.9 Å². The summed E-state index contributed by atoms with van der Waals surface area (Å²) in [5.74, 6) is -0.653. The Morgan fingerprint density at radius 1 is 0.973 bits per heavy atom. The van der Waals surface area contributed by atoms with Gasteiger partial charge in [-0.15, -0.1) is 5.10 Å². The van der Waals surface area contributed by atoms with E-state index in [4.69, 9.17) is 0 Å². The van der Waals surface area contributed by atoms with Crippen LogP contribution in [0.2, 0.25) is 0 Å². The highest BCUT2D eigenvalue weighted by atomic mass is 32.2. The molecule has 5 heterocycles. The Hall–Kier alpha value is -3.28. The van der Waals surface area contributed by atoms with Gasteiger partial charge in [-0.05, 0) is 55.0 Å². The molecule has 196 valence electrons. The van der Waals surface area contributed by atoms with E-state index in [0.29, 0.717) is 34.7 Å². The molecule has 3 saturated heterocycles. The van der Waals surface area contributed by atoms with E-state index in [0.717, 1.165) is 30.7 Å². The number of hydrogen-bond acceptors (Lipinski definition) is 7. The van der Waals surface area contributed by atoms with Gasteiger partial charge in [-0.2, -0.15) is 0 Å². The van der Waals surface area contributed by atoms with Crippen LogP contribution in [-0.4, -0.2) is 66.8 Å². The SMILES string of the molecule is CS(=O)(=O)Nc1ccc(-n2cc(-c3cccc(N4CCC(F)(F)CC4)n3)nn2)c(N2CC3CC(C3)C2)c1. The first kappa shape index (κ1) is 24.1. The number of hydrogen-bond donors (Lipinski definition) is 1. The van der Waals surface area contributed by atoms with Crippen LogP contribution in [0.1, 0.15) is 25.7 Å². The van der Waals surface area contributed by atoms with Crippen molar-refractivity contribution in [3.8, 4) is 17.1 Å². The quantitative estimate of drug-likeness (QED) is 0.519. The first-order valence-corrected chi connectivity index (χ1v) is 14.4. The van der Waals surface area contributed by atoms with Gasteiger partial charge in [0.15, 0.2) is 0 Å². The van der Waals surface area contributed by atoms with Crippen molar-refractivity contribution in [1.82, 2.24) is 20.0 Å². The van der Waals surface area contributed by atoms with Crippen LogP contribution in [0.3, 0.4) is 0 Å². The largest absolute Gasteiger partial charge is 0.369 e. The number of sulfonamides is 1. The Labute approximate surface area is 214 Å². The third kappa shape index (κ3) is 5.11. The Morgan fingerprint density at radius 3 is 2.41 bits per heavy atom. The van der Waals surface area contributed by atoms with Gasteiger partial charge in [0.2, 0.25) is 10.0 Å². The maximum atomic E-state index is 13.6. The molecular formula is C25H29F2N7O2S. The molecule has 37 heavy (non-hydrogen) atoms. The van der Waals surface area contributed by atoms with Crippen LogP contribution in [0.15, 0.2) is 42.6 Å². The summed E-state index contributed by atoms with van der Waals surface area (Å²) in [7, 11) is -3.41. The molecule has 4 aliphatic rings. The number of benzene rings is 1. The number of pyridine rings is 1. The molecule has 1 saturated carbocycles. The Balaban J connectivity index is 1.30. The summed E-state index contributed by atoms with van der Waals surface area (Å²) < 4.78 is 55.1. The smallest absolute Gasteiger partial charge is 0.251 e. The van der Waals surface area contributed by atoms with E-state index >= 15 is 0 Å². The van der Waals surface area contributed by atoms with Crippen molar-refractivity contribution in [3.63, 3.8) is 0 Å². The zero-order valence-corrected chi connectivity index (χ0v) is 21.3. The molecule has 2 aromatic heterocycles. The lowest BCUT2D eigenvalue weighted by Gasteiger charge is -2.48. The van der Waals surface area contributed by atoms with Gasteiger partial charge in [-0.1, -0.05) is 11.3 Å². The van der Waals surface area contributed by atoms with Crippen molar-refractivity contribution in [1.29, 1.82) is 0 Å². The minimum absolute atomic E-state index is 0.180. The van der Waals surface area contributed by atoms with Gasteiger partial charge in [0, 0.05) is 39.0 Å². The number of nitrogens with one attached hydrogen (secondary N) is 1. The first-order valence-electron chi connectivity index (χ1n) is 12.5. The van der Waals surface area contributed by atoms with Crippen molar-refractivity contribution in [2.75, 3.05) is 47.0 Å². The summed E-state index contributed by atoms with van der Waals surface area (Å²) in [5.41, 5.74) is 3.37. The monoisotopic (exact) mass is 529 g/mol. The average molecular weight is 530 g/mol. The van der Waals surface area contributed by atoms with E-state index in [1.807, 2.05) is 35.2 Å². The maximum absolute atomic E-state index is 13.6. The van der Waals surface area contributed by atoms with Gasteiger partial charge in [0.1, 0.15) is 11.5 Å². The zero-order chi connectivity index (χ0) is 25.8. The number of nitrogens with zero attached hydrogens (tertiary/aromatic N) is 6. The predicted octanol–water partition coefficient (Wildman–Crippen LogP) is 3.78. The lowest BCUT2D eigenvalue weighted by molar-refractivity contribution is -0.0221. The second kappa shape index (κ2) is 8.93. The number of alkyl halides is 2. The minimum Gasteiger partial charge on any atom is -0.369 e. The first-order chi connectivity index (χ1) is 17.6. The van der Waals surface area contributed by atoms with Crippen LogP contribution < -0.4 is 14.5 Å². The molecule has 3 aliphatic heterocycles. The highest BCUT2D eigenvalue weighted by Crippen LogP contribution is 2.43. The second-order valence-corrected chi connectivity index (χ2v) is 12.2. The summed E-state index contributed by atoms with van der Waals surface area (Å²) in [6.45, 7) is 2.36. The molecule has 1 aliphatic carbocycles. The molecule has 9 nitrogen and oxygen atoms in total. The molecule has 0 atom stereocenters. The zero-order valence-electron chi connectivity index (χ0n) is 20.5. The summed E-state index contributed by atoms with van der Waals surface area (Å²) in [6, 6.07) is 10.9. The molecule has 2 bridgehead atoms. The van der Waals surface area contributed by atoms with E-state index in [2.05, 4.69) is 24.9 Å². The summed E-state index contributed by atoms with van der Waals surface area (Å²) in [6.07, 6.45) is 5.07. The lowest BCUT2D eigenvalue weighted by Crippen LogP contribution is -2.49. The Bertz CT molecular complexity index is 1400. The molecule has 1 aromatic carbocycles. The number of fused-ring (bicyclic) bond motifs is 2. The molecular weight excluding hydrogens is 500 g/mol. The van der Waals surface area contributed by atoms with E-state index in [9.17, 15) is 17.2 Å². The highest BCUT2D eigenvalue weighted by Gasteiger charge is 2.38. The summed E-state index contributed by atoms with van der Waals surface area (Å²) in [5, 5.41) is 8.71. The normalized spacial score (nSPS) is 23.0. The topological polar surface area (TPSA) is 96.2 Å². The molecule has 0 unspecified atom stereocenters. The average Bonchev–Trinajstić information content (AvgIpc) is 3.33. The fourth-order valence-corrected chi connectivity index (χ4v) is 6.17. The van der Waals surface area contributed by atoms with Crippen LogP contribution >= 0.6 is 0 Å². The maximum Gasteiger partial charge on any atom is 0.251 e. The van der Waals surface area contributed by atoms with Gasteiger partial charge in [0.05, 0.1) is 35.2 Å². The van der Waals surface area contributed by atoms with E-state index in [1.165, 1.54) is 12.8 Å². The summed E-state index contributed by atoms with van der Waals surface area (Å²) >= 11 is 0. The third-order valence-corrected chi connectivity index (χ3v) is 8.07. The standard InChI is InChI=1S/C25H29F2N7O2S/c1-37(35,36)30-19-5-6-22(23(13-19)33-14-17-11-18(12-17)15-33)34-16-21(29-31-34)20-3-2-4-24(28-20)32-9-7-25(26,27)8-10-32/h2-6,13,16-18,30H,7-12,14-15H2,1H3. The van der Waals surface area contributed by atoms with E-state index in [1.54, 1.807) is 16.9 Å². The number of rotatable bonds is 6. The number of aromatic nitrogens is 4. The van der Waals surface area contributed by atoms with Crippen LogP contribution in [0.4, 0.5) is 26.0 Å². The summed E-state index contributed by atoms with van der Waals surface area (Å²) in [4.78, 5) is 8.86. The van der Waals surface area contributed by atoms with Crippen molar-refractivity contribution in [3.05, 3.63) is 42.6 Å². The second-order valence-electron chi connectivity index (χ2n) is 10.5. The van der Waals surface area contributed by atoms with Crippen molar-refractivity contribution in [2.24, 2.45) is 11.8 Å². The molecule has 12 heteroatoms. The molecule has 0 radical (unpaired) electrons. The fourth-order valence-electron chi connectivity index (χ4n) is 5.62. The fraction of sp³-hybridized carbons (Fsp3) is 0.480. The minimum atomic E-state index is -3.41. The van der Waals surface area contributed by atoms with Crippen LogP contribution in [0.25, 0.3) is 17.1 Å². The Morgan fingerprint density at radius 2 is 1.70 bits per heavy atom. The van der Waals surface area contributed by atoms with Crippen LogP contribution in [0, 0.1) is 11.8 Å². The van der Waals surface area contributed by atoms with Crippen LogP contribution in [-0.2, 0) is 10.0 Å². The predicted molar refractivity (Wildman–Crippen MR) is 138 cm³/mol. The molecule has 7 rings (SSSR count). The van der Waals surface area contributed by atoms with Gasteiger partial charge in [-0.3, -0.25) is 4.72 Å². The van der Waals surface area contributed by atoms with Gasteiger partial charge < -0.3 is 9.80 Å². The number of halogens is 2. The lowest BCUT2D eigenvalue weighted by atomic mass is 9.71. The van der Waals surface area contributed by atoms with E-state index < -0.39 is 15.9 Å². The number of piperidine rings is 3. The molecule has 0 amide bonds. The van der Waals surface area contributed by atoms with E-state index in [-0.39, 0.29) is 25.9 Å². The third-order valence-electron chi connectivity index (χ3n) is 7.47. The van der Waals surface area contributed by atoms with Crippen LogP contribution in [0.5, 0.6) is 0 Å². The number of anilines is 3. The van der Waals surface area contributed by atoms with Gasteiger partial charge in [0.25, 0.3) is 5.92 Å². The highest BCUT2D eigenvalue weighted by molar-refractivity contribution is 7.92. The molecule has 0 spiro atoms. The Kier molecular flexibility index (Phi) is 5.81. The molecule has 1 N–H and O–H groups in total. The van der Waals surface area contributed by atoms with Crippen molar-refractivity contribution < 1.29 is 17.2 Å². The molecule has 4 fully saturated rings. The molecule has 3 aromatic rings.